The molecule has 1 aliphatic heterocycles. The normalized spacial score (nSPS) is 16.4. The number of sulfonamides is 1. The van der Waals surface area contributed by atoms with Crippen LogP contribution in [0.15, 0.2) is 53.4 Å². The van der Waals surface area contributed by atoms with Gasteiger partial charge in [0.05, 0.1) is 37.5 Å². The van der Waals surface area contributed by atoms with Gasteiger partial charge in [-0.1, -0.05) is 17.7 Å². The zero-order valence-electron chi connectivity index (χ0n) is 16.9. The van der Waals surface area contributed by atoms with Gasteiger partial charge < -0.3 is 19.5 Å². The molecule has 2 aromatic carbocycles. The number of aliphatic hydroxyl groups is 1. The summed E-state index contributed by atoms with van der Waals surface area (Å²) < 4.78 is 38.6. The van der Waals surface area contributed by atoms with Gasteiger partial charge in [-0.05, 0) is 43.3 Å². The number of aliphatic hydroxyl groups excluding tert-OH is 1. The minimum absolute atomic E-state index is 0.0209. The second kappa shape index (κ2) is 9.58. The Kier molecular flexibility index (Phi) is 7.13. The van der Waals surface area contributed by atoms with Crippen LogP contribution in [0.5, 0.6) is 5.75 Å². The predicted octanol–water partition coefficient (Wildman–Crippen LogP) is 0.475. The molecule has 2 aromatic rings. The van der Waals surface area contributed by atoms with Gasteiger partial charge in [0, 0.05) is 0 Å². The molecule has 0 amide bonds. The van der Waals surface area contributed by atoms with E-state index in [2.05, 4.69) is 0 Å². The lowest BCUT2D eigenvalue weighted by atomic mass is 10.2. The van der Waals surface area contributed by atoms with E-state index in [-0.39, 0.29) is 11.4 Å². The monoisotopic (exact) mass is 421 g/mol. The third-order valence-electron chi connectivity index (χ3n) is 5.07. The van der Waals surface area contributed by atoms with Crippen molar-refractivity contribution in [2.24, 2.45) is 0 Å². The Bertz CT molecular complexity index is 878. The molecule has 0 aromatic heterocycles. The Hall–Kier alpha value is -2.13. The van der Waals surface area contributed by atoms with Crippen LogP contribution in [0.3, 0.4) is 0 Å². The van der Waals surface area contributed by atoms with E-state index in [1.165, 1.54) is 9.21 Å². The van der Waals surface area contributed by atoms with Crippen LogP contribution < -0.4 is 13.9 Å². The Balaban J connectivity index is 1.86. The summed E-state index contributed by atoms with van der Waals surface area (Å²) in [6.45, 7) is 5.30. The highest BCUT2D eigenvalue weighted by Crippen LogP contribution is 2.26. The van der Waals surface area contributed by atoms with Gasteiger partial charge in [0.1, 0.15) is 31.5 Å². The fraction of sp³-hybridized carbons (Fsp3) is 0.429. The Morgan fingerprint density at radius 1 is 1.10 bits per heavy atom. The largest absolute Gasteiger partial charge is 0.497 e. The third-order valence-corrected chi connectivity index (χ3v) is 6.88. The first-order valence-electron chi connectivity index (χ1n) is 9.73. The highest BCUT2D eigenvalue weighted by atomic mass is 32.2. The maximum atomic E-state index is 13.4. The molecule has 1 atom stereocenters. The van der Waals surface area contributed by atoms with Gasteiger partial charge in [-0.2, -0.15) is 0 Å². The zero-order valence-corrected chi connectivity index (χ0v) is 17.7. The van der Waals surface area contributed by atoms with Gasteiger partial charge in [-0.25, -0.2) is 8.42 Å². The number of hydrogen-bond donors (Lipinski definition) is 2. The molecule has 0 aliphatic carbocycles. The molecule has 1 saturated heterocycles. The van der Waals surface area contributed by atoms with Crippen LogP contribution in [0.25, 0.3) is 0 Å². The first kappa shape index (κ1) is 21.6. The van der Waals surface area contributed by atoms with Gasteiger partial charge in [-0.3, -0.25) is 4.31 Å². The van der Waals surface area contributed by atoms with Gasteiger partial charge in [0.2, 0.25) is 0 Å². The van der Waals surface area contributed by atoms with Crippen molar-refractivity contribution >= 4 is 15.7 Å². The molecule has 2 N–H and O–H groups in total. The molecular formula is C21H29N2O5S+. The summed E-state index contributed by atoms with van der Waals surface area (Å²) in [4.78, 5) is 1.41. The Morgan fingerprint density at radius 3 is 2.31 bits per heavy atom. The number of rotatable bonds is 8. The Labute approximate surface area is 172 Å². The molecule has 1 fully saturated rings. The fourth-order valence-electron chi connectivity index (χ4n) is 3.38. The predicted molar refractivity (Wildman–Crippen MR) is 111 cm³/mol. The van der Waals surface area contributed by atoms with E-state index in [0.29, 0.717) is 31.2 Å². The molecule has 158 valence electrons. The van der Waals surface area contributed by atoms with Crippen LogP contribution in [-0.4, -0.2) is 66.1 Å². The summed E-state index contributed by atoms with van der Waals surface area (Å²) in [5.41, 5.74) is 1.47. The highest BCUT2D eigenvalue weighted by molar-refractivity contribution is 7.92. The van der Waals surface area contributed by atoms with E-state index in [4.69, 9.17) is 9.47 Å². The minimum Gasteiger partial charge on any atom is -0.497 e. The smallest absolute Gasteiger partial charge is 0.264 e. The number of ether oxygens (including phenoxy) is 2. The number of quaternary nitrogens is 1. The van der Waals surface area contributed by atoms with Crippen LogP contribution in [0, 0.1) is 6.92 Å². The van der Waals surface area contributed by atoms with E-state index in [1.54, 1.807) is 55.6 Å². The lowest BCUT2D eigenvalue weighted by Crippen LogP contribution is -3.15. The summed E-state index contributed by atoms with van der Waals surface area (Å²) in [5, 5.41) is 10.7. The van der Waals surface area contributed by atoms with Crippen molar-refractivity contribution in [1.29, 1.82) is 0 Å². The standard InChI is InChI=1S/C21H28N2O5S/c1-17-3-9-21(10-4-17)29(25,26)23(18-5-7-20(27-2)8-6-18)16-19(24)15-22-11-13-28-14-12-22/h3-10,19,24H,11-16H2,1-2H3/p+1. The molecule has 8 heteroatoms. The lowest BCUT2D eigenvalue weighted by Gasteiger charge is -2.30. The number of benzene rings is 2. The van der Waals surface area contributed by atoms with Crippen molar-refractivity contribution in [2.45, 2.75) is 17.9 Å². The summed E-state index contributed by atoms with van der Waals surface area (Å²) in [6.07, 6.45) is -0.801. The van der Waals surface area contributed by atoms with Crippen LogP contribution in [-0.2, 0) is 14.8 Å². The van der Waals surface area contributed by atoms with Crippen LogP contribution in [0.1, 0.15) is 5.56 Å². The maximum Gasteiger partial charge on any atom is 0.264 e. The van der Waals surface area contributed by atoms with E-state index in [1.807, 2.05) is 6.92 Å². The molecule has 1 unspecified atom stereocenters. The zero-order chi connectivity index (χ0) is 20.9. The van der Waals surface area contributed by atoms with Gasteiger partial charge in [0.15, 0.2) is 0 Å². The van der Waals surface area contributed by atoms with Gasteiger partial charge in [-0.15, -0.1) is 0 Å². The summed E-state index contributed by atoms with van der Waals surface area (Å²) >= 11 is 0. The second-order valence-electron chi connectivity index (χ2n) is 7.27. The molecule has 7 nitrogen and oxygen atoms in total. The molecule has 3 rings (SSSR count). The average Bonchev–Trinajstić information content (AvgIpc) is 2.73. The number of nitrogens with one attached hydrogen (secondary N) is 1. The van der Waals surface area contributed by atoms with Crippen molar-refractivity contribution < 1.29 is 27.9 Å². The van der Waals surface area contributed by atoms with E-state index in [0.717, 1.165) is 18.7 Å². The summed E-state index contributed by atoms with van der Waals surface area (Å²) in [5.74, 6) is 0.639. The van der Waals surface area contributed by atoms with Crippen molar-refractivity contribution in [2.75, 3.05) is 50.8 Å². The number of nitrogens with zero attached hydrogens (tertiary/aromatic N) is 1. The van der Waals surface area contributed by atoms with E-state index >= 15 is 0 Å². The second-order valence-corrected chi connectivity index (χ2v) is 9.13. The molecule has 0 spiro atoms. The lowest BCUT2D eigenvalue weighted by molar-refractivity contribution is -0.910. The minimum atomic E-state index is -3.83. The molecule has 0 bridgehead atoms. The first-order chi connectivity index (χ1) is 13.9. The van der Waals surface area contributed by atoms with Crippen molar-refractivity contribution in [3.63, 3.8) is 0 Å². The molecule has 1 heterocycles. The number of morpholine rings is 1. The van der Waals surface area contributed by atoms with E-state index in [9.17, 15) is 13.5 Å². The average molecular weight is 422 g/mol. The summed E-state index contributed by atoms with van der Waals surface area (Å²) in [7, 11) is -2.27. The van der Waals surface area contributed by atoms with E-state index < -0.39 is 16.1 Å². The third kappa shape index (κ3) is 5.48. The molecule has 0 saturated carbocycles. The van der Waals surface area contributed by atoms with Crippen LogP contribution in [0.2, 0.25) is 0 Å². The van der Waals surface area contributed by atoms with Crippen molar-refractivity contribution in [3.8, 4) is 5.75 Å². The topological polar surface area (TPSA) is 80.5 Å². The molecular weight excluding hydrogens is 392 g/mol. The quantitative estimate of drug-likeness (QED) is 0.648. The molecule has 29 heavy (non-hydrogen) atoms. The van der Waals surface area contributed by atoms with Crippen LogP contribution in [0.4, 0.5) is 5.69 Å². The maximum absolute atomic E-state index is 13.4. The first-order valence-corrected chi connectivity index (χ1v) is 11.2. The fourth-order valence-corrected chi connectivity index (χ4v) is 4.88. The number of anilines is 1. The van der Waals surface area contributed by atoms with Gasteiger partial charge >= 0.3 is 0 Å². The van der Waals surface area contributed by atoms with Crippen molar-refractivity contribution in [1.82, 2.24) is 0 Å². The number of hydrogen-bond acceptors (Lipinski definition) is 5. The molecule has 0 radical (unpaired) electrons. The number of aryl methyl sites for hydroxylation is 1. The van der Waals surface area contributed by atoms with Gasteiger partial charge in [0.25, 0.3) is 10.0 Å². The number of methoxy groups -OCH3 is 1. The summed E-state index contributed by atoms with van der Waals surface area (Å²) in [6, 6.07) is 13.6. The van der Waals surface area contributed by atoms with Crippen molar-refractivity contribution in [3.05, 3.63) is 54.1 Å². The highest BCUT2D eigenvalue weighted by Gasteiger charge is 2.29. The Morgan fingerprint density at radius 2 is 1.72 bits per heavy atom. The van der Waals surface area contributed by atoms with Crippen LogP contribution >= 0.6 is 0 Å². The SMILES string of the molecule is COc1ccc(N(CC(O)C[NH+]2CCOCC2)S(=O)(=O)c2ccc(C)cc2)cc1. The molecule has 1 aliphatic rings.